The average Bonchev–Trinajstić information content (AvgIpc) is 2.46. The van der Waals surface area contributed by atoms with Gasteiger partial charge in [0.05, 0.1) is 0 Å². The van der Waals surface area contributed by atoms with Crippen LogP contribution in [0.1, 0.15) is 41.5 Å². The minimum Gasteiger partial charge on any atom is -0.205 e. The Labute approximate surface area is 162 Å². The summed E-state index contributed by atoms with van der Waals surface area (Å²) in [7, 11) is 0. The third-order valence-electron chi connectivity index (χ3n) is 4.33. The maximum atomic E-state index is 2.31. The van der Waals surface area contributed by atoms with Crippen LogP contribution in [0.15, 0.2) is 36.9 Å². The number of pyridine rings is 2. The highest BCUT2D eigenvalue weighted by Gasteiger charge is 2.05. The predicted octanol–water partition coefficient (Wildman–Crippen LogP) is 4.52. The van der Waals surface area contributed by atoms with E-state index in [9.17, 15) is 0 Å². The van der Waals surface area contributed by atoms with Gasteiger partial charge >= 0.3 is 0 Å². The van der Waals surface area contributed by atoms with E-state index in [1.807, 2.05) is 0 Å². The third-order valence-corrected chi connectivity index (χ3v) is 4.33. The molecule has 0 amide bonds. The average molecular weight is 446 g/mol. The molecule has 0 aliphatic heterocycles. The molecule has 2 nitrogen and oxygen atoms in total. The molecule has 0 aromatic carbocycles. The van der Waals surface area contributed by atoms with Gasteiger partial charge in [0.15, 0.2) is 24.8 Å². The second-order valence-electron chi connectivity index (χ2n) is 6.16. The summed E-state index contributed by atoms with van der Waals surface area (Å²) < 4.78 is 4.62. The van der Waals surface area contributed by atoms with Gasteiger partial charge in [-0.25, -0.2) is 9.13 Å². The predicted molar refractivity (Wildman–Crippen MR) is 107 cm³/mol. The van der Waals surface area contributed by atoms with Crippen molar-refractivity contribution in [3.8, 4) is 0 Å². The summed E-state index contributed by atoms with van der Waals surface area (Å²) in [6, 6.07) is 4.42. The molecule has 0 aliphatic rings. The van der Waals surface area contributed by atoms with Crippen molar-refractivity contribution in [3.63, 3.8) is 0 Å². The molecule has 0 aliphatic carbocycles. The largest absolute Gasteiger partial charge is 0.205 e. The SMILES string of the molecule is Br.Br.Cc1cc[n+](CCCCC[n+]2ccc(C)c(C)c2)cc1C. The Morgan fingerprint density at radius 2 is 1.00 bits per heavy atom. The molecule has 0 fully saturated rings. The quantitative estimate of drug-likeness (QED) is 0.456. The van der Waals surface area contributed by atoms with Crippen LogP contribution in [0, 0.1) is 27.7 Å². The van der Waals surface area contributed by atoms with Crippen molar-refractivity contribution in [3.05, 3.63) is 59.2 Å². The highest BCUT2D eigenvalue weighted by molar-refractivity contribution is 8.93. The van der Waals surface area contributed by atoms with Gasteiger partial charge in [0, 0.05) is 36.1 Å². The van der Waals surface area contributed by atoms with Gasteiger partial charge in [0.25, 0.3) is 0 Å². The molecule has 0 spiro atoms. The summed E-state index contributed by atoms with van der Waals surface area (Å²) in [5.41, 5.74) is 5.50. The summed E-state index contributed by atoms with van der Waals surface area (Å²) in [4.78, 5) is 0. The molecule has 0 unspecified atom stereocenters. The fraction of sp³-hybridized carbons (Fsp3) is 0.474. The van der Waals surface area contributed by atoms with E-state index in [1.54, 1.807) is 0 Å². The van der Waals surface area contributed by atoms with Gasteiger partial charge < -0.3 is 0 Å². The van der Waals surface area contributed by atoms with E-state index in [2.05, 4.69) is 73.7 Å². The Balaban J connectivity index is 0.00000242. The molecule has 0 saturated heterocycles. The molecule has 0 radical (unpaired) electrons. The lowest BCUT2D eigenvalue weighted by molar-refractivity contribution is -0.701. The Morgan fingerprint density at radius 3 is 1.35 bits per heavy atom. The topological polar surface area (TPSA) is 7.76 Å². The van der Waals surface area contributed by atoms with Crippen molar-refractivity contribution in [2.75, 3.05) is 0 Å². The lowest BCUT2D eigenvalue weighted by Crippen LogP contribution is -2.34. The summed E-state index contributed by atoms with van der Waals surface area (Å²) in [6.45, 7) is 10.9. The van der Waals surface area contributed by atoms with Crippen LogP contribution >= 0.6 is 34.0 Å². The molecule has 4 heteroatoms. The minimum atomic E-state index is 0. The Bertz CT molecular complexity index is 559. The van der Waals surface area contributed by atoms with Crippen LogP contribution in [0.25, 0.3) is 0 Å². The lowest BCUT2D eigenvalue weighted by atomic mass is 10.1. The molecule has 0 saturated carbocycles. The van der Waals surface area contributed by atoms with E-state index in [0.29, 0.717) is 0 Å². The molecule has 128 valence electrons. The van der Waals surface area contributed by atoms with Crippen LogP contribution in [0.5, 0.6) is 0 Å². The Kier molecular flexibility index (Phi) is 10.6. The minimum absolute atomic E-state index is 0. The van der Waals surface area contributed by atoms with E-state index >= 15 is 0 Å². The molecule has 23 heavy (non-hydrogen) atoms. The first-order valence-corrected chi connectivity index (χ1v) is 7.99. The number of unbranched alkanes of at least 4 members (excludes halogenated alkanes) is 2. The van der Waals surface area contributed by atoms with Gasteiger partial charge in [-0.2, -0.15) is 0 Å². The zero-order valence-electron chi connectivity index (χ0n) is 14.7. The second-order valence-corrected chi connectivity index (χ2v) is 6.16. The molecule has 2 aromatic heterocycles. The highest BCUT2D eigenvalue weighted by Crippen LogP contribution is 2.03. The van der Waals surface area contributed by atoms with Crippen molar-refractivity contribution < 1.29 is 9.13 Å². The number of hydrogen-bond acceptors (Lipinski definition) is 0. The van der Waals surface area contributed by atoms with Crippen LogP contribution in [0.2, 0.25) is 0 Å². The van der Waals surface area contributed by atoms with Crippen molar-refractivity contribution in [1.29, 1.82) is 0 Å². The number of nitrogens with zero attached hydrogens (tertiary/aromatic N) is 2. The molecule has 0 bridgehead atoms. The third kappa shape index (κ3) is 7.13. The maximum Gasteiger partial charge on any atom is 0.171 e. The summed E-state index contributed by atoms with van der Waals surface area (Å²) in [5, 5.41) is 0. The fourth-order valence-electron chi connectivity index (χ4n) is 2.51. The zero-order valence-corrected chi connectivity index (χ0v) is 18.1. The maximum absolute atomic E-state index is 2.31. The monoisotopic (exact) mass is 444 g/mol. The number of aryl methyl sites for hydroxylation is 6. The van der Waals surface area contributed by atoms with Crippen LogP contribution in [-0.2, 0) is 13.1 Å². The van der Waals surface area contributed by atoms with Gasteiger partial charge in [-0.05, 0) is 45.2 Å². The normalized spacial score (nSPS) is 9.91. The summed E-state index contributed by atoms with van der Waals surface area (Å²) >= 11 is 0. The molecule has 0 N–H and O–H groups in total. The number of aromatic nitrogens is 2. The van der Waals surface area contributed by atoms with E-state index in [4.69, 9.17) is 0 Å². The van der Waals surface area contributed by atoms with Gasteiger partial charge in [0.2, 0.25) is 0 Å². The molecule has 0 atom stereocenters. The van der Waals surface area contributed by atoms with E-state index in [0.717, 1.165) is 13.1 Å². The number of rotatable bonds is 6. The highest BCUT2D eigenvalue weighted by atomic mass is 79.9. The number of halogens is 2. The van der Waals surface area contributed by atoms with Crippen LogP contribution in [0.4, 0.5) is 0 Å². The van der Waals surface area contributed by atoms with Gasteiger partial charge in [-0.3, -0.25) is 0 Å². The van der Waals surface area contributed by atoms with E-state index in [-0.39, 0.29) is 34.0 Å². The zero-order chi connectivity index (χ0) is 15.2. The first kappa shape index (κ1) is 22.3. The molecular weight excluding hydrogens is 416 g/mol. The first-order chi connectivity index (χ1) is 10.1. The van der Waals surface area contributed by atoms with E-state index < -0.39 is 0 Å². The Hall–Kier alpha value is -0.740. The van der Waals surface area contributed by atoms with Crippen LogP contribution in [0.3, 0.4) is 0 Å². The van der Waals surface area contributed by atoms with Crippen LogP contribution in [-0.4, -0.2) is 0 Å². The van der Waals surface area contributed by atoms with Crippen molar-refractivity contribution in [1.82, 2.24) is 0 Å². The second kappa shape index (κ2) is 10.9. The van der Waals surface area contributed by atoms with Gasteiger partial charge in [0.1, 0.15) is 13.1 Å². The molecule has 2 rings (SSSR count). The lowest BCUT2D eigenvalue weighted by Gasteiger charge is -2.02. The smallest absolute Gasteiger partial charge is 0.171 e. The van der Waals surface area contributed by atoms with Gasteiger partial charge in [-0.15, -0.1) is 34.0 Å². The molecule has 2 aromatic rings. The van der Waals surface area contributed by atoms with E-state index in [1.165, 1.54) is 41.5 Å². The van der Waals surface area contributed by atoms with Gasteiger partial charge in [-0.1, -0.05) is 0 Å². The molecular formula is C19H30Br2N2+2. The summed E-state index contributed by atoms with van der Waals surface area (Å²) in [5.74, 6) is 0. The fourth-order valence-corrected chi connectivity index (χ4v) is 2.51. The standard InChI is InChI=1S/C19H28N2.2BrH/c1-16-8-12-20(14-18(16)3)10-6-5-7-11-21-13-9-17(2)19(4)15-21;;/h8-9,12-15H,5-7,10-11H2,1-4H3;2*1H/q+2;;. The molecule has 2 heterocycles. The Morgan fingerprint density at radius 1 is 0.609 bits per heavy atom. The van der Waals surface area contributed by atoms with Crippen LogP contribution < -0.4 is 9.13 Å². The van der Waals surface area contributed by atoms with Crippen molar-refractivity contribution in [2.45, 2.75) is 60.0 Å². The number of hydrogen-bond donors (Lipinski definition) is 0. The van der Waals surface area contributed by atoms with Crippen molar-refractivity contribution >= 4 is 34.0 Å². The summed E-state index contributed by atoms with van der Waals surface area (Å²) in [6.07, 6.45) is 12.7. The van der Waals surface area contributed by atoms with Crippen molar-refractivity contribution in [2.24, 2.45) is 0 Å². The first-order valence-electron chi connectivity index (χ1n) is 7.99.